The molecule has 3 unspecified atom stereocenters. The number of aryl methyl sites for hydroxylation is 1. The minimum atomic E-state index is -0.499. The van der Waals surface area contributed by atoms with Crippen LogP contribution in [0.5, 0.6) is 0 Å². The van der Waals surface area contributed by atoms with Gasteiger partial charge in [0.15, 0.2) is 0 Å². The largest absolute Gasteiger partial charge is 0.389 e. The zero-order chi connectivity index (χ0) is 15.2. The Morgan fingerprint density at radius 1 is 1.43 bits per heavy atom. The number of hydrogen-bond donors (Lipinski definition) is 2. The molecule has 0 bridgehead atoms. The molecule has 1 aromatic carbocycles. The molecule has 0 aromatic heterocycles. The van der Waals surface area contributed by atoms with Gasteiger partial charge in [-0.05, 0) is 43.4 Å². The number of nitrogens with one attached hydrogen (secondary N) is 1. The van der Waals surface area contributed by atoms with Crippen molar-refractivity contribution in [1.29, 1.82) is 0 Å². The van der Waals surface area contributed by atoms with Gasteiger partial charge in [0, 0.05) is 17.3 Å². The summed E-state index contributed by atoms with van der Waals surface area (Å²) in [7, 11) is 0. The average molecular weight is 312 g/mol. The number of ether oxygens (including phenoxy) is 1. The van der Waals surface area contributed by atoms with E-state index in [1.54, 1.807) is 0 Å². The second-order valence-corrected chi connectivity index (χ2v) is 6.66. The third-order valence-corrected chi connectivity index (χ3v) is 4.38. The van der Waals surface area contributed by atoms with Crippen LogP contribution in [0.2, 0.25) is 5.02 Å². The van der Waals surface area contributed by atoms with Gasteiger partial charge in [0.25, 0.3) is 0 Å². The summed E-state index contributed by atoms with van der Waals surface area (Å²) in [6, 6.07) is 5.72. The number of anilines is 1. The van der Waals surface area contributed by atoms with Crippen molar-refractivity contribution in [3.05, 3.63) is 28.8 Å². The number of benzene rings is 1. The Bertz CT molecular complexity index is 452. The molecule has 1 fully saturated rings. The Morgan fingerprint density at radius 3 is 3.00 bits per heavy atom. The van der Waals surface area contributed by atoms with Crippen LogP contribution in [-0.2, 0) is 4.74 Å². The fourth-order valence-electron chi connectivity index (χ4n) is 2.85. The monoisotopic (exact) mass is 311 g/mol. The predicted octanol–water partition coefficient (Wildman–Crippen LogP) is 4.02. The van der Waals surface area contributed by atoms with E-state index < -0.39 is 6.10 Å². The fourth-order valence-corrected chi connectivity index (χ4v) is 3.02. The third-order valence-electron chi connectivity index (χ3n) is 4.14. The highest BCUT2D eigenvalue weighted by atomic mass is 35.5. The first-order chi connectivity index (χ1) is 10.0. The second kappa shape index (κ2) is 8.02. The van der Waals surface area contributed by atoms with Crippen molar-refractivity contribution in [2.45, 2.75) is 51.7 Å². The van der Waals surface area contributed by atoms with Crippen molar-refractivity contribution in [1.82, 2.24) is 0 Å². The van der Waals surface area contributed by atoms with E-state index in [9.17, 15) is 5.11 Å². The number of hydrogen-bond acceptors (Lipinski definition) is 3. The van der Waals surface area contributed by atoms with Gasteiger partial charge in [0.2, 0.25) is 0 Å². The molecule has 2 N–H and O–H groups in total. The van der Waals surface area contributed by atoms with Gasteiger partial charge in [-0.2, -0.15) is 0 Å². The maximum atomic E-state index is 10.0. The van der Waals surface area contributed by atoms with Crippen LogP contribution in [0.25, 0.3) is 0 Å². The summed E-state index contributed by atoms with van der Waals surface area (Å²) in [6.45, 7) is 5.16. The van der Waals surface area contributed by atoms with E-state index in [2.05, 4.69) is 12.2 Å². The Morgan fingerprint density at radius 2 is 2.24 bits per heavy atom. The Balaban J connectivity index is 1.72. The van der Waals surface area contributed by atoms with Gasteiger partial charge in [0.05, 0.1) is 18.8 Å². The summed E-state index contributed by atoms with van der Waals surface area (Å²) in [5, 5.41) is 14.0. The van der Waals surface area contributed by atoms with Crippen LogP contribution in [0.4, 0.5) is 5.69 Å². The van der Waals surface area contributed by atoms with Crippen molar-refractivity contribution in [3.8, 4) is 0 Å². The molecule has 0 saturated heterocycles. The lowest BCUT2D eigenvalue weighted by atomic mass is 9.89. The standard InChI is InChI=1S/C17H26ClNO2/c1-12-4-3-5-16(8-12)21-11-15(20)10-19-17-9-14(18)7-6-13(17)2/h6-7,9,12,15-16,19-20H,3-5,8,10-11H2,1-2H3. The smallest absolute Gasteiger partial charge is 0.0945 e. The molecular formula is C17H26ClNO2. The van der Waals surface area contributed by atoms with Gasteiger partial charge in [-0.15, -0.1) is 0 Å². The van der Waals surface area contributed by atoms with Crippen molar-refractivity contribution < 1.29 is 9.84 Å². The summed E-state index contributed by atoms with van der Waals surface area (Å²) >= 11 is 5.98. The molecule has 1 saturated carbocycles. The number of halogens is 1. The van der Waals surface area contributed by atoms with E-state index in [0.29, 0.717) is 24.3 Å². The van der Waals surface area contributed by atoms with E-state index in [4.69, 9.17) is 16.3 Å². The summed E-state index contributed by atoms with van der Waals surface area (Å²) in [5.74, 6) is 0.744. The number of aliphatic hydroxyl groups excluding tert-OH is 1. The maximum absolute atomic E-state index is 10.0. The van der Waals surface area contributed by atoms with Crippen molar-refractivity contribution in [3.63, 3.8) is 0 Å². The topological polar surface area (TPSA) is 41.5 Å². The molecule has 21 heavy (non-hydrogen) atoms. The van der Waals surface area contributed by atoms with Gasteiger partial charge < -0.3 is 15.2 Å². The van der Waals surface area contributed by atoms with E-state index in [1.165, 1.54) is 12.8 Å². The molecule has 0 spiro atoms. The Hall–Kier alpha value is -0.770. The molecule has 1 aromatic rings. The van der Waals surface area contributed by atoms with Crippen molar-refractivity contribution in [2.75, 3.05) is 18.5 Å². The molecule has 2 rings (SSSR count). The van der Waals surface area contributed by atoms with Crippen LogP contribution < -0.4 is 5.32 Å². The van der Waals surface area contributed by atoms with Gasteiger partial charge in [0.1, 0.15) is 0 Å². The molecule has 0 amide bonds. The lowest BCUT2D eigenvalue weighted by Crippen LogP contribution is -2.30. The summed E-state index contributed by atoms with van der Waals surface area (Å²) in [6.07, 6.45) is 4.60. The number of rotatable bonds is 6. The van der Waals surface area contributed by atoms with Gasteiger partial charge in [-0.25, -0.2) is 0 Å². The van der Waals surface area contributed by atoms with Gasteiger partial charge in [-0.3, -0.25) is 0 Å². The van der Waals surface area contributed by atoms with Crippen molar-refractivity contribution in [2.24, 2.45) is 5.92 Å². The zero-order valence-corrected chi connectivity index (χ0v) is 13.7. The SMILES string of the molecule is Cc1ccc(Cl)cc1NCC(O)COC1CCCC(C)C1. The lowest BCUT2D eigenvalue weighted by molar-refractivity contribution is -0.0274. The summed E-state index contributed by atoms with van der Waals surface area (Å²) < 4.78 is 5.84. The summed E-state index contributed by atoms with van der Waals surface area (Å²) in [4.78, 5) is 0. The van der Waals surface area contributed by atoms with E-state index in [0.717, 1.165) is 30.0 Å². The van der Waals surface area contributed by atoms with Gasteiger partial charge >= 0.3 is 0 Å². The molecule has 3 nitrogen and oxygen atoms in total. The fraction of sp³-hybridized carbons (Fsp3) is 0.647. The lowest BCUT2D eigenvalue weighted by Gasteiger charge is -2.27. The first-order valence-electron chi connectivity index (χ1n) is 7.84. The van der Waals surface area contributed by atoms with E-state index in [1.807, 2.05) is 25.1 Å². The predicted molar refractivity (Wildman–Crippen MR) is 88.1 cm³/mol. The van der Waals surface area contributed by atoms with E-state index in [-0.39, 0.29) is 0 Å². The highest BCUT2D eigenvalue weighted by Gasteiger charge is 2.20. The van der Waals surface area contributed by atoms with E-state index >= 15 is 0 Å². The molecule has 0 aliphatic heterocycles. The maximum Gasteiger partial charge on any atom is 0.0945 e. The first-order valence-corrected chi connectivity index (χ1v) is 8.22. The molecule has 4 heteroatoms. The van der Waals surface area contributed by atoms with Crippen LogP contribution in [-0.4, -0.2) is 30.5 Å². The highest BCUT2D eigenvalue weighted by molar-refractivity contribution is 6.30. The Kier molecular flexibility index (Phi) is 6.34. The molecule has 0 heterocycles. The van der Waals surface area contributed by atoms with Crippen LogP contribution in [0.15, 0.2) is 18.2 Å². The quantitative estimate of drug-likeness (QED) is 0.834. The number of aliphatic hydroxyl groups is 1. The normalized spacial score (nSPS) is 23.8. The first kappa shape index (κ1) is 16.6. The molecule has 1 aliphatic rings. The van der Waals surface area contributed by atoms with Crippen LogP contribution >= 0.6 is 11.6 Å². The summed E-state index contributed by atoms with van der Waals surface area (Å²) in [5.41, 5.74) is 2.08. The molecule has 1 aliphatic carbocycles. The second-order valence-electron chi connectivity index (χ2n) is 6.22. The molecule has 0 radical (unpaired) electrons. The van der Waals surface area contributed by atoms with Crippen LogP contribution in [0, 0.1) is 12.8 Å². The third kappa shape index (κ3) is 5.50. The minimum Gasteiger partial charge on any atom is -0.389 e. The highest BCUT2D eigenvalue weighted by Crippen LogP contribution is 2.25. The van der Waals surface area contributed by atoms with Gasteiger partial charge in [-0.1, -0.05) is 37.4 Å². The minimum absolute atomic E-state index is 0.316. The molecule has 3 atom stereocenters. The van der Waals surface area contributed by atoms with Crippen LogP contribution in [0.3, 0.4) is 0 Å². The van der Waals surface area contributed by atoms with Crippen molar-refractivity contribution >= 4 is 17.3 Å². The van der Waals surface area contributed by atoms with Crippen LogP contribution in [0.1, 0.15) is 38.2 Å². The molecule has 118 valence electrons. The zero-order valence-electron chi connectivity index (χ0n) is 12.9. The Labute approximate surface area is 132 Å². The average Bonchev–Trinajstić information content (AvgIpc) is 2.46. The molecular weight excluding hydrogens is 286 g/mol.